The van der Waals surface area contributed by atoms with Crippen molar-refractivity contribution in [3.63, 3.8) is 0 Å². The van der Waals surface area contributed by atoms with E-state index in [1.54, 1.807) is 12.1 Å². The second-order valence-corrected chi connectivity index (χ2v) is 5.15. The van der Waals surface area contributed by atoms with Gasteiger partial charge >= 0.3 is 0 Å². The summed E-state index contributed by atoms with van der Waals surface area (Å²) in [7, 11) is 0. The first-order valence-corrected chi connectivity index (χ1v) is 6.65. The predicted molar refractivity (Wildman–Crippen MR) is 82.2 cm³/mol. The average Bonchev–Trinajstić information content (AvgIpc) is 2.43. The maximum atomic E-state index is 12.1. The molecular formula is C14H10Cl2N2O3. The Morgan fingerprint density at radius 2 is 1.81 bits per heavy atom. The first-order chi connectivity index (χ1) is 9.88. The van der Waals surface area contributed by atoms with E-state index in [1.807, 2.05) is 19.1 Å². The summed E-state index contributed by atoms with van der Waals surface area (Å²) in [6.45, 7) is 1.92. The number of nitro benzene ring substituents is 1. The number of anilines is 1. The summed E-state index contributed by atoms with van der Waals surface area (Å²) in [5, 5.41) is 13.3. The van der Waals surface area contributed by atoms with Crippen molar-refractivity contribution in [1.82, 2.24) is 0 Å². The molecule has 2 aromatic carbocycles. The Kier molecular flexibility index (Phi) is 4.45. The van der Waals surface area contributed by atoms with Gasteiger partial charge in [0.2, 0.25) is 0 Å². The summed E-state index contributed by atoms with van der Waals surface area (Å²) >= 11 is 11.6. The lowest BCUT2D eigenvalue weighted by atomic mass is 10.1. The number of halogens is 2. The zero-order valence-electron chi connectivity index (χ0n) is 10.9. The van der Waals surface area contributed by atoms with Gasteiger partial charge in [-0.15, -0.1) is 0 Å². The van der Waals surface area contributed by atoms with E-state index in [9.17, 15) is 14.9 Å². The van der Waals surface area contributed by atoms with Crippen molar-refractivity contribution in [3.05, 3.63) is 67.7 Å². The van der Waals surface area contributed by atoms with Gasteiger partial charge in [0.25, 0.3) is 11.6 Å². The van der Waals surface area contributed by atoms with Gasteiger partial charge in [0.15, 0.2) is 0 Å². The molecule has 0 atom stereocenters. The van der Waals surface area contributed by atoms with Gasteiger partial charge in [0.05, 0.1) is 9.95 Å². The minimum absolute atomic E-state index is 0.0417. The summed E-state index contributed by atoms with van der Waals surface area (Å²) in [5.74, 6) is -0.500. The molecule has 2 aromatic rings. The first kappa shape index (κ1) is 15.3. The number of nitrogens with zero attached hydrogens (tertiary/aromatic N) is 1. The summed E-state index contributed by atoms with van der Waals surface area (Å²) < 4.78 is 0. The van der Waals surface area contributed by atoms with Crippen molar-refractivity contribution in [3.8, 4) is 0 Å². The van der Waals surface area contributed by atoms with Crippen LogP contribution < -0.4 is 5.32 Å². The number of rotatable bonds is 3. The molecule has 2 rings (SSSR count). The molecule has 0 bridgehead atoms. The van der Waals surface area contributed by atoms with Crippen LogP contribution in [0.4, 0.5) is 11.4 Å². The third-order valence-corrected chi connectivity index (χ3v) is 3.57. The van der Waals surface area contributed by atoms with E-state index in [-0.39, 0.29) is 15.6 Å². The summed E-state index contributed by atoms with van der Waals surface area (Å²) in [6, 6.07) is 9.54. The second kappa shape index (κ2) is 6.11. The molecule has 5 nitrogen and oxygen atoms in total. The van der Waals surface area contributed by atoms with E-state index >= 15 is 0 Å². The molecule has 1 amide bonds. The predicted octanol–water partition coefficient (Wildman–Crippen LogP) is 4.46. The van der Waals surface area contributed by atoms with Crippen LogP contribution in [-0.4, -0.2) is 10.8 Å². The highest BCUT2D eigenvalue weighted by atomic mass is 35.5. The van der Waals surface area contributed by atoms with Gasteiger partial charge in [-0.2, -0.15) is 0 Å². The SMILES string of the molecule is Cc1ccc(NC(=O)c2cc(Cl)c(Cl)c([N+](=O)[O-])c2)cc1. The molecule has 0 aliphatic heterocycles. The Morgan fingerprint density at radius 1 is 1.19 bits per heavy atom. The van der Waals surface area contributed by atoms with Crippen molar-refractivity contribution in [2.24, 2.45) is 0 Å². The lowest BCUT2D eigenvalue weighted by molar-refractivity contribution is -0.384. The number of hydrogen-bond acceptors (Lipinski definition) is 3. The number of nitrogens with one attached hydrogen (secondary N) is 1. The minimum atomic E-state index is -0.684. The van der Waals surface area contributed by atoms with Gasteiger partial charge in [-0.3, -0.25) is 14.9 Å². The molecule has 0 unspecified atom stereocenters. The molecule has 0 aliphatic rings. The number of aryl methyl sites for hydroxylation is 1. The summed E-state index contributed by atoms with van der Waals surface area (Å²) in [6.07, 6.45) is 0. The zero-order valence-corrected chi connectivity index (χ0v) is 12.4. The normalized spacial score (nSPS) is 10.2. The van der Waals surface area contributed by atoms with Crippen molar-refractivity contribution >= 4 is 40.5 Å². The number of carbonyl (C=O) groups is 1. The van der Waals surface area contributed by atoms with Crippen molar-refractivity contribution in [1.29, 1.82) is 0 Å². The van der Waals surface area contributed by atoms with Crippen LogP contribution in [0, 0.1) is 17.0 Å². The Hall–Kier alpha value is -2.11. The number of amides is 1. The molecule has 0 radical (unpaired) electrons. The minimum Gasteiger partial charge on any atom is -0.322 e. The number of benzene rings is 2. The molecule has 1 N–H and O–H groups in total. The molecule has 0 heterocycles. The van der Waals surface area contributed by atoms with Crippen LogP contribution in [0.5, 0.6) is 0 Å². The molecule has 21 heavy (non-hydrogen) atoms. The van der Waals surface area contributed by atoms with Crippen molar-refractivity contribution < 1.29 is 9.72 Å². The maximum absolute atomic E-state index is 12.1. The van der Waals surface area contributed by atoms with Crippen molar-refractivity contribution in [2.45, 2.75) is 6.92 Å². The summed E-state index contributed by atoms with van der Waals surface area (Å²) in [5.41, 5.74) is 1.30. The highest BCUT2D eigenvalue weighted by Crippen LogP contribution is 2.33. The lowest BCUT2D eigenvalue weighted by Gasteiger charge is -2.07. The Labute approximate surface area is 130 Å². The van der Waals surface area contributed by atoms with E-state index in [1.165, 1.54) is 6.07 Å². The molecule has 108 valence electrons. The van der Waals surface area contributed by atoms with Gasteiger partial charge in [-0.25, -0.2) is 0 Å². The highest BCUT2D eigenvalue weighted by molar-refractivity contribution is 6.43. The molecular weight excluding hydrogens is 315 g/mol. The quantitative estimate of drug-likeness (QED) is 0.669. The molecule has 0 spiro atoms. The van der Waals surface area contributed by atoms with Crippen molar-refractivity contribution in [2.75, 3.05) is 5.32 Å². The molecule has 0 aromatic heterocycles. The topological polar surface area (TPSA) is 72.2 Å². The van der Waals surface area contributed by atoms with Gasteiger partial charge in [-0.05, 0) is 25.1 Å². The van der Waals surface area contributed by atoms with E-state index in [0.29, 0.717) is 5.69 Å². The fourth-order valence-corrected chi connectivity index (χ4v) is 2.07. The third-order valence-electron chi connectivity index (χ3n) is 2.78. The Bertz CT molecular complexity index is 715. The van der Waals surface area contributed by atoms with Crippen LogP contribution >= 0.6 is 23.2 Å². The smallest absolute Gasteiger partial charge is 0.290 e. The largest absolute Gasteiger partial charge is 0.322 e. The first-order valence-electron chi connectivity index (χ1n) is 5.90. The summed E-state index contributed by atoms with van der Waals surface area (Å²) in [4.78, 5) is 22.3. The molecule has 0 fully saturated rings. The fraction of sp³-hybridized carbons (Fsp3) is 0.0714. The van der Waals surface area contributed by atoms with Crippen LogP contribution in [0.1, 0.15) is 15.9 Å². The van der Waals surface area contributed by atoms with E-state index < -0.39 is 16.5 Å². The van der Waals surface area contributed by atoms with Gasteiger partial charge in [0.1, 0.15) is 5.02 Å². The number of hydrogen-bond donors (Lipinski definition) is 1. The van der Waals surface area contributed by atoms with E-state index in [0.717, 1.165) is 11.6 Å². The molecule has 0 saturated heterocycles. The van der Waals surface area contributed by atoms with E-state index in [2.05, 4.69) is 5.32 Å². The van der Waals surface area contributed by atoms with Crippen LogP contribution in [0.3, 0.4) is 0 Å². The number of nitro groups is 1. The monoisotopic (exact) mass is 324 g/mol. The van der Waals surface area contributed by atoms with E-state index in [4.69, 9.17) is 23.2 Å². The fourth-order valence-electron chi connectivity index (χ4n) is 1.68. The van der Waals surface area contributed by atoms with Gasteiger partial charge < -0.3 is 5.32 Å². The van der Waals surface area contributed by atoms with Crippen LogP contribution in [-0.2, 0) is 0 Å². The lowest BCUT2D eigenvalue weighted by Crippen LogP contribution is -2.12. The Morgan fingerprint density at radius 3 is 2.38 bits per heavy atom. The second-order valence-electron chi connectivity index (χ2n) is 4.37. The standard InChI is InChI=1S/C14H10Cl2N2O3/c1-8-2-4-10(5-3-8)17-14(19)9-6-11(15)13(16)12(7-9)18(20)21/h2-7H,1H3,(H,17,19). The average molecular weight is 325 g/mol. The van der Waals surface area contributed by atoms with Crippen LogP contribution in [0.15, 0.2) is 36.4 Å². The Balaban J connectivity index is 2.31. The molecule has 0 aliphatic carbocycles. The van der Waals surface area contributed by atoms with Crippen LogP contribution in [0.2, 0.25) is 10.0 Å². The third kappa shape index (κ3) is 3.51. The maximum Gasteiger partial charge on any atom is 0.290 e. The van der Waals surface area contributed by atoms with Gasteiger partial charge in [-0.1, -0.05) is 40.9 Å². The zero-order chi connectivity index (χ0) is 15.6. The number of carbonyl (C=O) groups excluding carboxylic acids is 1. The molecule has 0 saturated carbocycles. The molecule has 7 heteroatoms. The highest BCUT2D eigenvalue weighted by Gasteiger charge is 2.20. The van der Waals surface area contributed by atoms with Gasteiger partial charge in [0, 0.05) is 17.3 Å². The van der Waals surface area contributed by atoms with Crippen LogP contribution in [0.25, 0.3) is 0 Å².